The molecule has 0 aliphatic heterocycles. The monoisotopic (exact) mass is 199 g/mol. The van der Waals surface area contributed by atoms with Crippen molar-refractivity contribution in [1.29, 1.82) is 0 Å². The highest BCUT2D eigenvalue weighted by atomic mass is 19.1. The van der Waals surface area contributed by atoms with E-state index in [2.05, 4.69) is 16.9 Å². The van der Waals surface area contributed by atoms with E-state index in [0.29, 0.717) is 6.54 Å². The van der Waals surface area contributed by atoms with Gasteiger partial charge in [-0.3, -0.25) is 10.7 Å². The molecule has 14 heavy (non-hydrogen) atoms. The highest BCUT2D eigenvalue weighted by Gasteiger charge is 2.19. The number of hydrogen-bond donors (Lipinski definition) is 2. The van der Waals surface area contributed by atoms with Crippen LogP contribution in [0.25, 0.3) is 0 Å². The zero-order chi connectivity index (χ0) is 11.2. The van der Waals surface area contributed by atoms with Gasteiger partial charge in [0, 0.05) is 12.7 Å². The first-order chi connectivity index (χ1) is 6.41. The summed E-state index contributed by atoms with van der Waals surface area (Å²) in [5.74, 6) is -1.86. The number of nitrogens with two attached hydrogens (primary N) is 1. The molecule has 0 aromatic carbocycles. The molecule has 0 aliphatic carbocycles. The lowest BCUT2D eigenvalue weighted by molar-refractivity contribution is 0.294. The van der Waals surface area contributed by atoms with E-state index in [9.17, 15) is 4.39 Å². The second-order valence-corrected chi connectivity index (χ2v) is 3.23. The number of halogens is 1. The molecule has 0 saturated carbocycles. The Kier molecular flexibility index (Phi) is 5.27. The number of nitrogens with zero attached hydrogens (tertiary/aromatic N) is 1. The van der Waals surface area contributed by atoms with Crippen LogP contribution in [0, 0.1) is 0 Å². The summed E-state index contributed by atoms with van der Waals surface area (Å²) in [6.45, 7) is 7.09. The molecule has 0 fully saturated rings. The van der Waals surface area contributed by atoms with Crippen molar-refractivity contribution < 1.29 is 4.39 Å². The topological polar surface area (TPSA) is 50.4 Å². The Morgan fingerprint density at radius 1 is 1.71 bits per heavy atom. The van der Waals surface area contributed by atoms with Crippen molar-refractivity contribution in [2.24, 2.45) is 10.7 Å². The quantitative estimate of drug-likeness (QED) is 0.399. The molecule has 80 valence electrons. The van der Waals surface area contributed by atoms with Crippen LogP contribution in [0.2, 0.25) is 0 Å². The molecule has 0 saturated heterocycles. The molecule has 0 spiro atoms. The molecular weight excluding hydrogens is 181 g/mol. The minimum atomic E-state index is -1.86. The Balaban J connectivity index is 4.57. The van der Waals surface area contributed by atoms with Crippen LogP contribution in [0.1, 0.15) is 13.8 Å². The molecule has 0 aromatic rings. The van der Waals surface area contributed by atoms with Crippen molar-refractivity contribution in [3.63, 3.8) is 0 Å². The average molecular weight is 199 g/mol. The molecule has 1 atom stereocenters. The van der Waals surface area contributed by atoms with Crippen molar-refractivity contribution >= 4 is 5.71 Å². The summed E-state index contributed by atoms with van der Waals surface area (Å²) in [6, 6.07) is 0. The maximum absolute atomic E-state index is 13.1. The molecule has 4 heteroatoms. The minimum absolute atomic E-state index is 0.243. The summed E-state index contributed by atoms with van der Waals surface area (Å²) in [4.78, 5) is 3.93. The highest BCUT2D eigenvalue weighted by molar-refractivity contribution is 5.89. The first-order valence-electron chi connectivity index (χ1n) is 4.40. The number of hydrogen-bond acceptors (Lipinski definition) is 3. The first kappa shape index (κ1) is 13.0. The van der Waals surface area contributed by atoms with Gasteiger partial charge in [0.15, 0.2) is 5.79 Å². The molecular formula is C10H18FN3. The van der Waals surface area contributed by atoms with Gasteiger partial charge in [-0.05, 0) is 26.5 Å². The molecule has 0 radical (unpaired) electrons. The lowest BCUT2D eigenvalue weighted by Crippen LogP contribution is -2.38. The number of alkyl halides is 1. The smallest absolute Gasteiger partial charge is 0.194 e. The first-order valence-corrected chi connectivity index (χ1v) is 4.40. The second kappa shape index (κ2) is 5.67. The predicted octanol–water partition coefficient (Wildman–Crippen LogP) is 1.38. The van der Waals surface area contributed by atoms with Gasteiger partial charge in [0.1, 0.15) is 0 Å². The van der Waals surface area contributed by atoms with E-state index in [1.54, 1.807) is 19.2 Å². The molecule has 3 nitrogen and oxygen atoms in total. The van der Waals surface area contributed by atoms with Gasteiger partial charge in [-0.15, -0.1) is 0 Å². The molecule has 3 N–H and O–H groups in total. The van der Waals surface area contributed by atoms with Gasteiger partial charge in [-0.1, -0.05) is 12.7 Å². The Labute approximate surface area is 84.6 Å². The molecule has 0 bridgehead atoms. The van der Waals surface area contributed by atoms with E-state index in [1.165, 1.54) is 6.92 Å². The molecule has 0 amide bonds. The van der Waals surface area contributed by atoms with Crippen molar-refractivity contribution in [3.8, 4) is 0 Å². The van der Waals surface area contributed by atoms with E-state index in [0.717, 1.165) is 5.57 Å². The van der Waals surface area contributed by atoms with E-state index in [1.807, 2.05) is 7.05 Å². The molecule has 1 unspecified atom stereocenters. The average Bonchev–Trinajstić information content (AvgIpc) is 2.10. The van der Waals surface area contributed by atoms with Crippen LogP contribution < -0.4 is 11.1 Å². The normalized spacial score (nSPS) is 17.8. The van der Waals surface area contributed by atoms with Crippen LogP contribution in [-0.2, 0) is 0 Å². The summed E-state index contributed by atoms with van der Waals surface area (Å²) in [5, 5.41) is 2.95. The summed E-state index contributed by atoms with van der Waals surface area (Å²) in [5.41, 5.74) is 6.34. The van der Waals surface area contributed by atoms with Crippen LogP contribution in [0.15, 0.2) is 29.4 Å². The predicted molar refractivity (Wildman–Crippen MR) is 59.0 cm³/mol. The van der Waals surface area contributed by atoms with Crippen LogP contribution in [-0.4, -0.2) is 25.1 Å². The van der Waals surface area contributed by atoms with Gasteiger partial charge in [0.25, 0.3) is 0 Å². The number of aliphatic imine (C=N–C) groups is 1. The molecule has 0 heterocycles. The van der Waals surface area contributed by atoms with Crippen LogP contribution in [0.3, 0.4) is 0 Å². The SMILES string of the molecule is C=C/C(=C\N=C(/C)C(C)(N)F)CNC. The molecule has 0 aliphatic rings. The summed E-state index contributed by atoms with van der Waals surface area (Å²) >= 11 is 0. The molecule has 0 aromatic heterocycles. The lowest BCUT2D eigenvalue weighted by Gasteiger charge is -2.12. The standard InChI is InChI=1S/C10H18FN3/c1-5-9(6-13-4)7-14-8(2)10(3,11)12/h5,7,13H,1,6,12H2,2-4H3/b9-7+,14-8+. The van der Waals surface area contributed by atoms with Crippen LogP contribution in [0.4, 0.5) is 4.39 Å². The Bertz CT molecular complexity index is 249. The van der Waals surface area contributed by atoms with Crippen molar-refractivity contribution in [1.82, 2.24) is 5.32 Å². The van der Waals surface area contributed by atoms with Gasteiger partial charge in [0.2, 0.25) is 0 Å². The second-order valence-electron chi connectivity index (χ2n) is 3.23. The van der Waals surface area contributed by atoms with Gasteiger partial charge in [-0.2, -0.15) is 0 Å². The van der Waals surface area contributed by atoms with Crippen molar-refractivity contribution in [3.05, 3.63) is 24.4 Å². The van der Waals surface area contributed by atoms with E-state index in [-0.39, 0.29) is 5.71 Å². The maximum Gasteiger partial charge on any atom is 0.194 e. The largest absolute Gasteiger partial charge is 0.316 e. The van der Waals surface area contributed by atoms with Gasteiger partial charge in [0.05, 0.1) is 5.71 Å². The van der Waals surface area contributed by atoms with E-state index < -0.39 is 5.79 Å². The van der Waals surface area contributed by atoms with Gasteiger partial charge < -0.3 is 5.32 Å². The zero-order valence-corrected chi connectivity index (χ0v) is 8.97. The van der Waals surface area contributed by atoms with Crippen LogP contribution >= 0.6 is 0 Å². The van der Waals surface area contributed by atoms with E-state index in [4.69, 9.17) is 5.73 Å². The van der Waals surface area contributed by atoms with E-state index >= 15 is 0 Å². The lowest BCUT2D eigenvalue weighted by atomic mass is 10.2. The summed E-state index contributed by atoms with van der Waals surface area (Å²) in [7, 11) is 1.82. The van der Waals surface area contributed by atoms with Crippen LogP contribution in [0.5, 0.6) is 0 Å². The minimum Gasteiger partial charge on any atom is -0.316 e. The maximum atomic E-state index is 13.1. The Morgan fingerprint density at radius 3 is 2.64 bits per heavy atom. The van der Waals surface area contributed by atoms with Crippen molar-refractivity contribution in [2.45, 2.75) is 19.6 Å². The fourth-order valence-corrected chi connectivity index (χ4v) is 0.681. The Hall–Kier alpha value is -1.00. The van der Waals surface area contributed by atoms with Gasteiger partial charge >= 0.3 is 0 Å². The third kappa shape index (κ3) is 4.89. The molecule has 0 rings (SSSR count). The van der Waals surface area contributed by atoms with Gasteiger partial charge in [-0.25, -0.2) is 4.39 Å². The zero-order valence-electron chi connectivity index (χ0n) is 8.97. The highest BCUT2D eigenvalue weighted by Crippen LogP contribution is 2.05. The number of likely N-dealkylation sites (N-methyl/N-ethyl adjacent to an activating group) is 1. The third-order valence-corrected chi connectivity index (χ3v) is 1.77. The fraction of sp³-hybridized carbons (Fsp3) is 0.500. The summed E-state index contributed by atoms with van der Waals surface area (Å²) in [6.07, 6.45) is 3.23. The fourth-order valence-electron chi connectivity index (χ4n) is 0.681. The number of rotatable bonds is 5. The Morgan fingerprint density at radius 2 is 2.29 bits per heavy atom. The van der Waals surface area contributed by atoms with Crippen molar-refractivity contribution in [2.75, 3.05) is 13.6 Å². The third-order valence-electron chi connectivity index (χ3n) is 1.77. The summed E-state index contributed by atoms with van der Waals surface area (Å²) < 4.78 is 13.1. The number of nitrogens with one attached hydrogen (secondary N) is 1.